The molecule has 0 saturated carbocycles. The van der Waals surface area contributed by atoms with E-state index in [4.69, 9.17) is 0 Å². The molecule has 5 heteroatoms. The topological polar surface area (TPSA) is 35.6 Å². The summed E-state index contributed by atoms with van der Waals surface area (Å²) in [6.45, 7) is 9.70. The number of carbonyl (C=O) groups excluding carboxylic acids is 1. The zero-order chi connectivity index (χ0) is 18.4. The van der Waals surface area contributed by atoms with Gasteiger partial charge in [0.1, 0.15) is 0 Å². The van der Waals surface area contributed by atoms with E-state index in [1.807, 2.05) is 11.3 Å². The quantitative estimate of drug-likeness (QED) is 0.810. The molecule has 140 valence electrons. The highest BCUT2D eigenvalue weighted by atomic mass is 32.1. The molecule has 0 spiro atoms. The van der Waals surface area contributed by atoms with Crippen LogP contribution in [-0.4, -0.2) is 48.4 Å². The highest BCUT2D eigenvalue weighted by Crippen LogP contribution is 2.17. The van der Waals surface area contributed by atoms with Gasteiger partial charge in [0.05, 0.1) is 12.6 Å². The fraction of sp³-hybridized carbons (Fsp3) is 0.476. The summed E-state index contributed by atoms with van der Waals surface area (Å²) >= 11 is 1.82. The van der Waals surface area contributed by atoms with Gasteiger partial charge >= 0.3 is 0 Å². The van der Waals surface area contributed by atoms with Gasteiger partial charge in [-0.2, -0.15) is 0 Å². The van der Waals surface area contributed by atoms with Gasteiger partial charge in [-0.05, 0) is 30.4 Å². The van der Waals surface area contributed by atoms with Crippen LogP contribution < -0.4 is 5.32 Å². The van der Waals surface area contributed by atoms with E-state index in [2.05, 4.69) is 70.7 Å². The lowest BCUT2D eigenvalue weighted by Gasteiger charge is -2.34. The maximum absolute atomic E-state index is 12.5. The first-order valence-corrected chi connectivity index (χ1v) is 10.3. The van der Waals surface area contributed by atoms with Crippen molar-refractivity contribution in [3.8, 4) is 0 Å². The van der Waals surface area contributed by atoms with Crippen molar-refractivity contribution in [3.63, 3.8) is 0 Å². The Morgan fingerprint density at radius 2 is 1.81 bits per heavy atom. The fourth-order valence-corrected chi connectivity index (χ4v) is 4.14. The lowest BCUT2D eigenvalue weighted by Crippen LogP contribution is -2.49. The largest absolute Gasteiger partial charge is 0.348 e. The van der Waals surface area contributed by atoms with Crippen LogP contribution in [0.3, 0.4) is 0 Å². The summed E-state index contributed by atoms with van der Waals surface area (Å²) in [6, 6.07) is 12.9. The minimum Gasteiger partial charge on any atom is -0.348 e. The first kappa shape index (κ1) is 19.1. The van der Waals surface area contributed by atoms with Crippen molar-refractivity contribution in [1.29, 1.82) is 0 Å². The number of amides is 1. The smallest absolute Gasteiger partial charge is 0.234 e. The van der Waals surface area contributed by atoms with E-state index in [9.17, 15) is 4.79 Å². The number of benzene rings is 1. The van der Waals surface area contributed by atoms with Crippen molar-refractivity contribution in [2.24, 2.45) is 0 Å². The molecule has 1 fully saturated rings. The molecule has 4 nitrogen and oxygen atoms in total. The van der Waals surface area contributed by atoms with Gasteiger partial charge in [-0.1, -0.05) is 42.8 Å². The summed E-state index contributed by atoms with van der Waals surface area (Å²) in [7, 11) is 0. The van der Waals surface area contributed by atoms with Crippen LogP contribution in [-0.2, 0) is 11.3 Å². The van der Waals surface area contributed by atoms with Crippen LogP contribution in [0.1, 0.15) is 35.4 Å². The third-order valence-electron chi connectivity index (χ3n) is 5.01. The Morgan fingerprint density at radius 1 is 1.12 bits per heavy atom. The van der Waals surface area contributed by atoms with E-state index in [1.54, 1.807) is 0 Å². The van der Waals surface area contributed by atoms with Crippen LogP contribution in [0.2, 0.25) is 0 Å². The Balaban J connectivity index is 1.44. The molecule has 1 aromatic carbocycles. The maximum atomic E-state index is 12.5. The van der Waals surface area contributed by atoms with Gasteiger partial charge in [0.15, 0.2) is 0 Å². The molecule has 26 heavy (non-hydrogen) atoms. The zero-order valence-corrected chi connectivity index (χ0v) is 16.6. The SMILES string of the molecule is CC[C@@H](NC(=O)CN1CCN(Cc2cccs2)CC1)c1ccc(C)cc1. The predicted molar refractivity (Wildman–Crippen MR) is 108 cm³/mol. The lowest BCUT2D eigenvalue weighted by molar-refractivity contribution is -0.123. The number of carbonyl (C=O) groups is 1. The highest BCUT2D eigenvalue weighted by molar-refractivity contribution is 7.09. The second-order valence-electron chi connectivity index (χ2n) is 7.07. The third kappa shape index (κ3) is 5.40. The van der Waals surface area contributed by atoms with E-state index < -0.39 is 0 Å². The zero-order valence-electron chi connectivity index (χ0n) is 15.8. The van der Waals surface area contributed by atoms with Crippen LogP contribution in [0.4, 0.5) is 0 Å². The number of aryl methyl sites for hydroxylation is 1. The minimum atomic E-state index is 0.100. The van der Waals surface area contributed by atoms with Crippen molar-refractivity contribution >= 4 is 17.2 Å². The normalized spacial score (nSPS) is 17.2. The number of nitrogens with one attached hydrogen (secondary N) is 1. The monoisotopic (exact) mass is 371 g/mol. The summed E-state index contributed by atoms with van der Waals surface area (Å²) in [5, 5.41) is 5.34. The summed E-state index contributed by atoms with van der Waals surface area (Å²) in [6.07, 6.45) is 0.906. The van der Waals surface area contributed by atoms with E-state index in [0.29, 0.717) is 6.54 Å². The number of rotatable bonds is 7. The Hall–Kier alpha value is -1.69. The van der Waals surface area contributed by atoms with Crippen molar-refractivity contribution in [3.05, 3.63) is 57.8 Å². The first-order valence-electron chi connectivity index (χ1n) is 9.47. The molecule has 0 aliphatic carbocycles. The Morgan fingerprint density at radius 3 is 2.42 bits per heavy atom. The summed E-state index contributed by atoms with van der Waals surface area (Å²) in [5.41, 5.74) is 2.43. The maximum Gasteiger partial charge on any atom is 0.234 e. The van der Waals surface area contributed by atoms with Crippen molar-refractivity contribution in [2.45, 2.75) is 32.9 Å². The van der Waals surface area contributed by atoms with Gasteiger partial charge in [0, 0.05) is 37.6 Å². The summed E-state index contributed by atoms with van der Waals surface area (Å²) in [4.78, 5) is 18.7. The van der Waals surface area contributed by atoms with E-state index in [0.717, 1.165) is 39.1 Å². The van der Waals surface area contributed by atoms with Crippen molar-refractivity contribution in [1.82, 2.24) is 15.1 Å². The average molecular weight is 372 g/mol. The molecule has 0 bridgehead atoms. The molecular weight excluding hydrogens is 342 g/mol. The molecule has 1 amide bonds. The average Bonchev–Trinajstić information content (AvgIpc) is 3.15. The molecule has 1 aliphatic rings. The molecule has 3 rings (SSSR count). The molecule has 1 saturated heterocycles. The molecule has 0 unspecified atom stereocenters. The first-order chi connectivity index (χ1) is 12.6. The molecule has 2 heterocycles. The van der Waals surface area contributed by atoms with Crippen molar-refractivity contribution in [2.75, 3.05) is 32.7 Å². The summed E-state index contributed by atoms with van der Waals surface area (Å²) in [5.74, 6) is 0.129. The van der Waals surface area contributed by atoms with E-state index in [1.165, 1.54) is 16.0 Å². The van der Waals surface area contributed by atoms with Gasteiger partial charge in [0.2, 0.25) is 5.91 Å². The van der Waals surface area contributed by atoms with Crippen LogP contribution in [0, 0.1) is 6.92 Å². The van der Waals surface area contributed by atoms with Gasteiger partial charge in [-0.15, -0.1) is 11.3 Å². The van der Waals surface area contributed by atoms with E-state index in [-0.39, 0.29) is 11.9 Å². The van der Waals surface area contributed by atoms with Crippen molar-refractivity contribution < 1.29 is 4.79 Å². The van der Waals surface area contributed by atoms with E-state index >= 15 is 0 Å². The number of hydrogen-bond acceptors (Lipinski definition) is 4. The highest BCUT2D eigenvalue weighted by Gasteiger charge is 2.20. The van der Waals surface area contributed by atoms with Gasteiger partial charge < -0.3 is 5.32 Å². The number of hydrogen-bond donors (Lipinski definition) is 1. The van der Waals surface area contributed by atoms with Crippen LogP contribution in [0.5, 0.6) is 0 Å². The molecule has 1 atom stereocenters. The number of piperazine rings is 1. The standard InChI is InChI=1S/C21H29N3OS/c1-3-20(18-8-6-17(2)7-9-18)22-21(25)16-24-12-10-23(11-13-24)15-19-5-4-14-26-19/h4-9,14,20H,3,10-13,15-16H2,1-2H3,(H,22,25)/t20-/m1/s1. The third-order valence-corrected chi connectivity index (χ3v) is 5.88. The Kier molecular flexibility index (Phi) is 6.83. The summed E-state index contributed by atoms with van der Waals surface area (Å²) < 4.78 is 0. The van der Waals surface area contributed by atoms with Crippen LogP contribution in [0.25, 0.3) is 0 Å². The molecule has 1 aliphatic heterocycles. The number of thiophene rings is 1. The second-order valence-corrected chi connectivity index (χ2v) is 8.10. The van der Waals surface area contributed by atoms with Crippen LogP contribution >= 0.6 is 11.3 Å². The second kappa shape index (κ2) is 9.31. The van der Waals surface area contributed by atoms with Crippen LogP contribution in [0.15, 0.2) is 41.8 Å². The molecule has 2 aromatic rings. The van der Waals surface area contributed by atoms with Gasteiger partial charge in [0.25, 0.3) is 0 Å². The van der Waals surface area contributed by atoms with Gasteiger partial charge in [-0.25, -0.2) is 0 Å². The Labute approximate surface area is 160 Å². The fourth-order valence-electron chi connectivity index (χ4n) is 3.39. The minimum absolute atomic E-state index is 0.100. The van der Waals surface area contributed by atoms with Gasteiger partial charge in [-0.3, -0.25) is 14.6 Å². The molecule has 1 N–H and O–H groups in total. The number of nitrogens with zero attached hydrogens (tertiary/aromatic N) is 2. The Bertz CT molecular complexity index is 676. The predicted octanol–water partition coefficient (Wildman–Crippen LogP) is 3.44. The molecule has 0 radical (unpaired) electrons. The molecular formula is C21H29N3OS. The molecule has 1 aromatic heterocycles. The lowest BCUT2D eigenvalue weighted by atomic mass is 10.0.